The fraction of sp³-hybridized carbons (Fsp3) is 0.273. The first-order chi connectivity index (χ1) is 6.83. The van der Waals surface area contributed by atoms with Gasteiger partial charge in [0.15, 0.2) is 0 Å². The number of thiophene rings is 1. The molecule has 3 rings (SSSR count). The van der Waals surface area contributed by atoms with Crippen molar-refractivity contribution in [1.82, 2.24) is 5.32 Å². The number of hydrogen-bond acceptors (Lipinski definition) is 2. The van der Waals surface area contributed by atoms with Gasteiger partial charge in [0, 0.05) is 20.6 Å². The summed E-state index contributed by atoms with van der Waals surface area (Å²) >= 11 is 7.79. The Morgan fingerprint density at radius 3 is 2.93 bits per heavy atom. The lowest BCUT2D eigenvalue weighted by Gasteiger charge is -2.26. The average Bonchev–Trinajstić information content (AvgIpc) is 2.43. The molecular weight excluding hydrogens is 214 g/mol. The zero-order valence-electron chi connectivity index (χ0n) is 7.59. The lowest BCUT2D eigenvalue weighted by Crippen LogP contribution is -2.34. The predicted molar refractivity (Wildman–Crippen MR) is 62.2 cm³/mol. The van der Waals surface area contributed by atoms with Crippen molar-refractivity contribution in [3.05, 3.63) is 34.2 Å². The highest BCUT2D eigenvalue weighted by Gasteiger charge is 2.20. The fourth-order valence-electron chi connectivity index (χ4n) is 1.73. The molecule has 0 amide bonds. The summed E-state index contributed by atoms with van der Waals surface area (Å²) < 4.78 is 1.29. The Kier molecular flexibility index (Phi) is 2.01. The zero-order valence-corrected chi connectivity index (χ0v) is 9.16. The van der Waals surface area contributed by atoms with Gasteiger partial charge in [-0.15, -0.1) is 11.3 Å². The van der Waals surface area contributed by atoms with Crippen LogP contribution in [0.15, 0.2) is 24.3 Å². The van der Waals surface area contributed by atoms with E-state index in [-0.39, 0.29) is 0 Å². The molecule has 1 nitrogen and oxygen atoms in total. The van der Waals surface area contributed by atoms with Crippen LogP contribution in [0.3, 0.4) is 0 Å². The predicted octanol–water partition coefficient (Wildman–Crippen LogP) is 3.59. The monoisotopic (exact) mass is 223 g/mol. The third-order valence-corrected chi connectivity index (χ3v) is 4.12. The second-order valence-electron chi connectivity index (χ2n) is 3.63. The lowest BCUT2D eigenvalue weighted by atomic mass is 10.1. The minimum absolute atomic E-state index is 0.589. The number of halogens is 1. The van der Waals surface area contributed by atoms with Gasteiger partial charge in [0.05, 0.1) is 0 Å². The van der Waals surface area contributed by atoms with Gasteiger partial charge in [-0.1, -0.05) is 17.7 Å². The summed E-state index contributed by atoms with van der Waals surface area (Å²) in [7, 11) is 0. The summed E-state index contributed by atoms with van der Waals surface area (Å²) in [6.45, 7) is 1.15. The molecule has 0 bridgehead atoms. The molecule has 14 heavy (non-hydrogen) atoms. The smallest absolute Gasteiger partial charge is 0.0427 e. The van der Waals surface area contributed by atoms with Gasteiger partial charge in [-0.05, 0) is 36.6 Å². The van der Waals surface area contributed by atoms with Crippen molar-refractivity contribution in [2.75, 3.05) is 6.54 Å². The van der Waals surface area contributed by atoms with Crippen LogP contribution in [0.25, 0.3) is 10.1 Å². The van der Waals surface area contributed by atoms with Crippen LogP contribution in [-0.2, 0) is 0 Å². The summed E-state index contributed by atoms with van der Waals surface area (Å²) in [5, 5.41) is 5.55. The molecule has 0 saturated carbocycles. The molecule has 1 atom stereocenters. The number of hydrogen-bond donors (Lipinski definition) is 1. The van der Waals surface area contributed by atoms with E-state index in [1.54, 1.807) is 0 Å². The Balaban J connectivity index is 2.10. The minimum Gasteiger partial charge on any atom is -0.309 e. The first-order valence-electron chi connectivity index (χ1n) is 4.75. The van der Waals surface area contributed by atoms with Crippen LogP contribution in [0.4, 0.5) is 0 Å². The third kappa shape index (κ3) is 1.34. The summed E-state index contributed by atoms with van der Waals surface area (Å²) in [5.41, 5.74) is 0. The molecule has 1 N–H and O–H groups in total. The quantitative estimate of drug-likeness (QED) is 0.779. The molecule has 1 aliphatic heterocycles. The Hall–Kier alpha value is -0.570. The standard InChI is InChI=1S/C11H10ClNS/c12-8-2-1-7-5-11(9-3-4-13-9)14-10(7)6-8/h1-2,5-6,9,13H,3-4H2. The highest BCUT2D eigenvalue weighted by atomic mass is 35.5. The maximum Gasteiger partial charge on any atom is 0.0427 e. The molecule has 2 aromatic rings. The fourth-order valence-corrected chi connectivity index (χ4v) is 3.18. The van der Waals surface area contributed by atoms with Gasteiger partial charge in [-0.25, -0.2) is 0 Å². The van der Waals surface area contributed by atoms with Crippen molar-refractivity contribution >= 4 is 33.0 Å². The molecule has 1 unspecified atom stereocenters. The van der Waals surface area contributed by atoms with Gasteiger partial charge in [-0.2, -0.15) is 0 Å². The topological polar surface area (TPSA) is 12.0 Å². The highest BCUT2D eigenvalue weighted by molar-refractivity contribution is 7.19. The largest absolute Gasteiger partial charge is 0.309 e. The molecular formula is C11H10ClNS. The summed E-state index contributed by atoms with van der Waals surface area (Å²) in [5.74, 6) is 0. The molecule has 72 valence electrons. The first-order valence-corrected chi connectivity index (χ1v) is 5.95. The number of rotatable bonds is 1. The van der Waals surface area contributed by atoms with Crippen molar-refractivity contribution in [3.8, 4) is 0 Å². The molecule has 1 aliphatic rings. The third-order valence-electron chi connectivity index (χ3n) is 2.67. The molecule has 1 fully saturated rings. The second-order valence-corrected chi connectivity index (χ2v) is 5.18. The van der Waals surface area contributed by atoms with Crippen molar-refractivity contribution < 1.29 is 0 Å². The molecule has 1 aromatic heterocycles. The van der Waals surface area contributed by atoms with Gasteiger partial charge in [0.2, 0.25) is 0 Å². The van der Waals surface area contributed by atoms with E-state index in [1.165, 1.54) is 21.4 Å². The SMILES string of the molecule is Clc1ccc2cc(C3CCN3)sc2c1. The summed E-state index contributed by atoms with van der Waals surface area (Å²) in [6.07, 6.45) is 1.26. The first kappa shape index (κ1) is 8.72. The maximum absolute atomic E-state index is 5.95. The number of fused-ring (bicyclic) bond motifs is 1. The van der Waals surface area contributed by atoms with Crippen LogP contribution in [0.1, 0.15) is 17.3 Å². The Bertz CT molecular complexity index is 473. The van der Waals surface area contributed by atoms with E-state index >= 15 is 0 Å². The van der Waals surface area contributed by atoms with Crippen LogP contribution in [0.2, 0.25) is 5.02 Å². The Labute approximate surface area is 91.7 Å². The van der Waals surface area contributed by atoms with Crippen molar-refractivity contribution in [1.29, 1.82) is 0 Å². The van der Waals surface area contributed by atoms with E-state index in [2.05, 4.69) is 17.4 Å². The van der Waals surface area contributed by atoms with Crippen LogP contribution < -0.4 is 5.32 Å². The second kappa shape index (κ2) is 3.23. The van der Waals surface area contributed by atoms with E-state index in [9.17, 15) is 0 Å². The summed E-state index contributed by atoms with van der Waals surface area (Å²) in [6, 6.07) is 8.95. The van der Waals surface area contributed by atoms with Crippen molar-refractivity contribution in [3.63, 3.8) is 0 Å². The molecule has 3 heteroatoms. The van der Waals surface area contributed by atoms with E-state index in [0.717, 1.165) is 11.6 Å². The van der Waals surface area contributed by atoms with Crippen LogP contribution >= 0.6 is 22.9 Å². The van der Waals surface area contributed by atoms with Gasteiger partial charge in [-0.3, -0.25) is 0 Å². The van der Waals surface area contributed by atoms with Gasteiger partial charge >= 0.3 is 0 Å². The Morgan fingerprint density at radius 1 is 1.36 bits per heavy atom. The lowest BCUT2D eigenvalue weighted by molar-refractivity contribution is 0.389. The van der Waals surface area contributed by atoms with Crippen LogP contribution in [-0.4, -0.2) is 6.54 Å². The summed E-state index contributed by atoms with van der Waals surface area (Å²) in [4.78, 5) is 1.44. The molecule has 0 aliphatic carbocycles. The maximum atomic E-state index is 5.95. The van der Waals surface area contributed by atoms with E-state index < -0.39 is 0 Å². The molecule has 2 heterocycles. The van der Waals surface area contributed by atoms with Gasteiger partial charge < -0.3 is 5.32 Å². The Morgan fingerprint density at radius 2 is 2.21 bits per heavy atom. The van der Waals surface area contributed by atoms with Crippen LogP contribution in [0.5, 0.6) is 0 Å². The molecule has 0 spiro atoms. The van der Waals surface area contributed by atoms with Crippen molar-refractivity contribution in [2.24, 2.45) is 0 Å². The zero-order chi connectivity index (χ0) is 9.54. The molecule has 1 saturated heterocycles. The van der Waals surface area contributed by atoms with Gasteiger partial charge in [0.1, 0.15) is 0 Å². The van der Waals surface area contributed by atoms with E-state index in [0.29, 0.717) is 6.04 Å². The molecule has 0 radical (unpaired) electrons. The molecule has 1 aromatic carbocycles. The van der Waals surface area contributed by atoms with E-state index in [4.69, 9.17) is 11.6 Å². The highest BCUT2D eigenvalue weighted by Crippen LogP contribution is 2.34. The van der Waals surface area contributed by atoms with Gasteiger partial charge in [0.25, 0.3) is 0 Å². The number of nitrogens with one attached hydrogen (secondary N) is 1. The minimum atomic E-state index is 0.589. The van der Waals surface area contributed by atoms with Crippen LogP contribution in [0, 0.1) is 0 Å². The average molecular weight is 224 g/mol. The van der Waals surface area contributed by atoms with Crippen molar-refractivity contribution in [2.45, 2.75) is 12.5 Å². The normalized spacial score (nSPS) is 21.1. The van der Waals surface area contributed by atoms with E-state index in [1.807, 2.05) is 23.5 Å². The number of benzene rings is 1.